The topological polar surface area (TPSA) is 93.4 Å². The summed E-state index contributed by atoms with van der Waals surface area (Å²) in [6.07, 6.45) is 0. The number of nitrogens with one attached hydrogen (secondary N) is 1. The second-order valence-corrected chi connectivity index (χ2v) is 7.33. The van der Waals surface area contributed by atoms with Crippen LogP contribution in [-0.2, 0) is 4.79 Å². The fourth-order valence-electron chi connectivity index (χ4n) is 3.62. The van der Waals surface area contributed by atoms with E-state index in [2.05, 4.69) is 15.4 Å². The minimum atomic E-state index is -0.438. The average molecular weight is 393 g/mol. The number of carbonyl (C=O) groups is 1. The molecule has 7 heteroatoms. The number of ether oxygens (including phenoxy) is 1. The third kappa shape index (κ3) is 4.00. The summed E-state index contributed by atoms with van der Waals surface area (Å²) in [7, 11) is 3.55. The number of aryl methyl sites for hydroxylation is 1. The van der Waals surface area contributed by atoms with E-state index in [1.165, 1.54) is 0 Å². The highest BCUT2D eigenvalue weighted by Crippen LogP contribution is 2.37. The van der Waals surface area contributed by atoms with Crippen LogP contribution in [0.5, 0.6) is 5.75 Å². The van der Waals surface area contributed by atoms with Gasteiger partial charge in [0.2, 0.25) is 5.91 Å². The molecule has 0 aliphatic rings. The number of nitrogens with zero attached hydrogens (tertiary/aromatic N) is 3. The number of amides is 1. The molecule has 3 rings (SSSR count). The Bertz CT molecular complexity index is 1030. The van der Waals surface area contributed by atoms with E-state index >= 15 is 0 Å². The van der Waals surface area contributed by atoms with Crippen LogP contribution in [-0.4, -0.2) is 30.0 Å². The van der Waals surface area contributed by atoms with E-state index in [1.54, 1.807) is 7.11 Å². The van der Waals surface area contributed by atoms with Crippen LogP contribution in [0.15, 0.2) is 42.5 Å². The lowest BCUT2D eigenvalue weighted by Crippen LogP contribution is -2.37. The zero-order valence-corrected chi connectivity index (χ0v) is 17.4. The number of hydrogen-bond donors (Lipinski definition) is 2. The standard InChI is InChI=1S/C22H27N5O2/c1-13(2)20(22(28)26-23)17-12-15(10-11-19(17)29-5)27(4)21-16-8-6-7-9-18(16)24-14(3)25-21/h6-13,20H,23H2,1-5H3,(H,26,28). The summed E-state index contributed by atoms with van der Waals surface area (Å²) >= 11 is 0. The van der Waals surface area contributed by atoms with Gasteiger partial charge in [-0.05, 0) is 43.2 Å². The van der Waals surface area contributed by atoms with Gasteiger partial charge >= 0.3 is 0 Å². The van der Waals surface area contributed by atoms with Crippen LogP contribution in [0, 0.1) is 12.8 Å². The highest BCUT2D eigenvalue weighted by atomic mass is 16.5. The number of anilines is 2. The number of benzene rings is 2. The molecule has 3 aromatic rings. The first-order valence-corrected chi connectivity index (χ1v) is 9.52. The lowest BCUT2D eigenvalue weighted by atomic mass is 9.86. The molecule has 0 spiro atoms. The Morgan fingerprint density at radius 2 is 1.90 bits per heavy atom. The first kappa shape index (κ1) is 20.5. The van der Waals surface area contributed by atoms with Crippen LogP contribution < -0.4 is 20.9 Å². The van der Waals surface area contributed by atoms with Gasteiger partial charge in [-0.2, -0.15) is 0 Å². The van der Waals surface area contributed by atoms with Crippen molar-refractivity contribution in [2.24, 2.45) is 11.8 Å². The average Bonchev–Trinajstić information content (AvgIpc) is 2.72. The Hall–Kier alpha value is -3.19. The Morgan fingerprint density at radius 1 is 1.17 bits per heavy atom. The predicted molar refractivity (Wildman–Crippen MR) is 115 cm³/mol. The summed E-state index contributed by atoms with van der Waals surface area (Å²) in [6.45, 7) is 5.84. The number of fused-ring (bicyclic) bond motifs is 1. The summed E-state index contributed by atoms with van der Waals surface area (Å²) in [5, 5.41) is 0.957. The third-order valence-electron chi connectivity index (χ3n) is 5.04. The van der Waals surface area contributed by atoms with Crippen molar-refractivity contribution in [1.29, 1.82) is 0 Å². The lowest BCUT2D eigenvalue weighted by Gasteiger charge is -2.25. The van der Waals surface area contributed by atoms with Gasteiger partial charge in [0.05, 0.1) is 18.5 Å². The quantitative estimate of drug-likeness (QED) is 0.379. The van der Waals surface area contributed by atoms with Gasteiger partial charge in [0, 0.05) is 23.7 Å². The SMILES string of the molecule is COc1ccc(N(C)c2nc(C)nc3ccccc23)cc1C(C(=O)NN)C(C)C. The summed E-state index contributed by atoms with van der Waals surface area (Å²) < 4.78 is 5.54. The summed E-state index contributed by atoms with van der Waals surface area (Å²) in [5.74, 6) is 6.93. The number of carbonyl (C=O) groups excluding carboxylic acids is 1. The molecule has 0 saturated carbocycles. The monoisotopic (exact) mass is 393 g/mol. The largest absolute Gasteiger partial charge is 0.496 e. The number of hydrogen-bond acceptors (Lipinski definition) is 6. The van der Waals surface area contributed by atoms with Crippen molar-refractivity contribution in [2.75, 3.05) is 19.1 Å². The van der Waals surface area contributed by atoms with Crippen LogP contribution in [0.1, 0.15) is 31.2 Å². The van der Waals surface area contributed by atoms with Gasteiger partial charge in [0.25, 0.3) is 0 Å². The van der Waals surface area contributed by atoms with Crippen molar-refractivity contribution >= 4 is 28.3 Å². The molecule has 0 saturated heterocycles. The van der Waals surface area contributed by atoms with Crippen LogP contribution in [0.25, 0.3) is 10.9 Å². The first-order chi connectivity index (χ1) is 13.9. The third-order valence-corrected chi connectivity index (χ3v) is 5.04. The van der Waals surface area contributed by atoms with Crippen LogP contribution in [0.4, 0.5) is 11.5 Å². The van der Waals surface area contributed by atoms with Crippen molar-refractivity contribution in [3.8, 4) is 5.75 Å². The van der Waals surface area contributed by atoms with Gasteiger partial charge in [-0.1, -0.05) is 26.0 Å². The van der Waals surface area contributed by atoms with Gasteiger partial charge in [-0.15, -0.1) is 0 Å². The fraction of sp³-hybridized carbons (Fsp3) is 0.318. The molecule has 29 heavy (non-hydrogen) atoms. The van der Waals surface area contributed by atoms with Crippen LogP contribution in [0.2, 0.25) is 0 Å². The van der Waals surface area contributed by atoms with Crippen molar-refractivity contribution < 1.29 is 9.53 Å². The maximum Gasteiger partial charge on any atom is 0.241 e. The number of nitrogens with two attached hydrogens (primary N) is 1. The second kappa shape index (κ2) is 8.45. The van der Waals surface area contributed by atoms with E-state index in [-0.39, 0.29) is 11.8 Å². The first-order valence-electron chi connectivity index (χ1n) is 9.52. The minimum absolute atomic E-state index is 0.0372. The van der Waals surface area contributed by atoms with Crippen molar-refractivity contribution in [3.05, 3.63) is 53.9 Å². The number of aromatic nitrogens is 2. The van der Waals surface area contributed by atoms with Gasteiger partial charge < -0.3 is 9.64 Å². The van der Waals surface area contributed by atoms with Crippen molar-refractivity contribution in [1.82, 2.24) is 15.4 Å². The fourth-order valence-corrected chi connectivity index (χ4v) is 3.62. The molecule has 7 nitrogen and oxygen atoms in total. The van der Waals surface area contributed by atoms with Gasteiger partial charge in [0.15, 0.2) is 0 Å². The Labute approximate surface area is 170 Å². The van der Waals surface area contributed by atoms with E-state index in [4.69, 9.17) is 10.6 Å². The maximum absolute atomic E-state index is 12.5. The molecular formula is C22H27N5O2. The number of hydrazine groups is 1. The molecule has 1 heterocycles. The van der Waals surface area contributed by atoms with Crippen LogP contribution in [0.3, 0.4) is 0 Å². The molecule has 1 unspecified atom stereocenters. The van der Waals surface area contributed by atoms with Crippen molar-refractivity contribution in [3.63, 3.8) is 0 Å². The summed E-state index contributed by atoms with van der Waals surface area (Å²) in [4.78, 5) is 23.6. The maximum atomic E-state index is 12.5. The predicted octanol–water partition coefficient (Wildman–Crippen LogP) is 3.44. The number of methoxy groups -OCH3 is 1. The molecule has 152 valence electrons. The van der Waals surface area contributed by atoms with Gasteiger partial charge in [-0.3, -0.25) is 10.2 Å². The Balaban J connectivity index is 2.14. The molecular weight excluding hydrogens is 366 g/mol. The molecule has 0 radical (unpaired) electrons. The molecule has 1 aromatic heterocycles. The van der Waals surface area contributed by atoms with E-state index in [0.29, 0.717) is 11.6 Å². The number of rotatable bonds is 6. The Morgan fingerprint density at radius 3 is 2.55 bits per heavy atom. The van der Waals surface area contributed by atoms with Crippen molar-refractivity contribution in [2.45, 2.75) is 26.7 Å². The normalized spacial score (nSPS) is 12.1. The molecule has 0 aliphatic carbocycles. The molecule has 0 aliphatic heterocycles. The lowest BCUT2D eigenvalue weighted by molar-refractivity contribution is -0.123. The second-order valence-electron chi connectivity index (χ2n) is 7.33. The summed E-state index contributed by atoms with van der Waals surface area (Å²) in [6, 6.07) is 13.7. The van der Waals surface area contributed by atoms with E-state index < -0.39 is 5.92 Å². The van der Waals surface area contributed by atoms with Gasteiger partial charge in [0.1, 0.15) is 17.4 Å². The minimum Gasteiger partial charge on any atom is -0.496 e. The molecule has 0 fully saturated rings. The highest BCUT2D eigenvalue weighted by Gasteiger charge is 2.27. The Kier molecular flexibility index (Phi) is 5.98. The van der Waals surface area contributed by atoms with E-state index in [0.717, 1.165) is 28.0 Å². The molecule has 3 N–H and O–H groups in total. The molecule has 2 aromatic carbocycles. The zero-order chi connectivity index (χ0) is 21.1. The molecule has 0 bridgehead atoms. The van der Waals surface area contributed by atoms with Crippen LogP contribution >= 0.6 is 0 Å². The van der Waals surface area contributed by atoms with E-state index in [1.807, 2.05) is 75.2 Å². The van der Waals surface area contributed by atoms with E-state index in [9.17, 15) is 4.79 Å². The summed E-state index contributed by atoms with van der Waals surface area (Å²) in [5.41, 5.74) is 4.84. The highest BCUT2D eigenvalue weighted by molar-refractivity contribution is 5.92. The molecule has 1 amide bonds. The number of para-hydroxylation sites is 1. The molecule has 1 atom stereocenters. The smallest absolute Gasteiger partial charge is 0.241 e. The zero-order valence-electron chi connectivity index (χ0n) is 17.4. The van der Waals surface area contributed by atoms with Gasteiger partial charge in [-0.25, -0.2) is 15.8 Å².